The van der Waals surface area contributed by atoms with Crippen LogP contribution in [0.1, 0.15) is 20.7 Å². The number of phenols is 2. The molecule has 11 heteroatoms. The molecule has 0 aromatic heterocycles. The molecule has 0 spiro atoms. The molecule has 0 radical (unpaired) electrons. The van der Waals surface area contributed by atoms with Crippen LogP contribution in [-0.4, -0.2) is 29.5 Å². The monoisotopic (exact) mass is 772 g/mol. The normalized spacial score (nSPS) is 12.0. The van der Waals surface area contributed by atoms with Crippen molar-refractivity contribution in [2.45, 2.75) is 0 Å². The Balaban J connectivity index is 1.28. The Morgan fingerprint density at radius 2 is 0.684 bits per heavy atom. The van der Waals surface area contributed by atoms with Crippen molar-refractivity contribution in [3.05, 3.63) is 205 Å². The summed E-state index contributed by atoms with van der Waals surface area (Å²) >= 11 is 0. The Hall–Kier alpha value is -6.81. The van der Waals surface area contributed by atoms with E-state index in [1.807, 2.05) is 133 Å². The topological polar surface area (TPSA) is 121 Å². The van der Waals surface area contributed by atoms with Gasteiger partial charge in [-0.3, -0.25) is 0 Å². The molecule has 0 fully saturated rings. The molecular weight excluding hydrogens is 738 g/mol. The quantitative estimate of drug-likeness (QED) is 0.0550. The summed E-state index contributed by atoms with van der Waals surface area (Å²) in [6.45, 7) is -4.59. The Kier molecular flexibility index (Phi) is 10.3. The second-order valence-electron chi connectivity index (χ2n) is 13.1. The van der Waals surface area contributed by atoms with Crippen LogP contribution < -0.4 is 21.2 Å². The van der Waals surface area contributed by atoms with Gasteiger partial charge in [0.25, 0.3) is 0 Å². The van der Waals surface area contributed by atoms with Crippen molar-refractivity contribution in [1.82, 2.24) is 0 Å². The minimum atomic E-state index is -4.59. The zero-order chi connectivity index (χ0) is 39.3. The predicted octanol–water partition coefficient (Wildman–Crippen LogP) is 8.05. The Morgan fingerprint density at radius 1 is 0.404 bits per heavy atom. The second-order valence-corrected chi connectivity index (χ2v) is 17.5. The van der Waals surface area contributed by atoms with Crippen LogP contribution in [-0.2, 0) is 23.8 Å². The first-order valence-corrected chi connectivity index (χ1v) is 20.1. The van der Waals surface area contributed by atoms with Crippen LogP contribution in [0.5, 0.6) is 11.5 Å². The summed E-state index contributed by atoms with van der Waals surface area (Å²) in [6.07, 6.45) is 0. The molecule has 0 atom stereocenters. The Labute approximate surface area is 328 Å². The number of carbonyl (C=O) groups is 2. The van der Waals surface area contributed by atoms with Crippen molar-refractivity contribution in [3.8, 4) is 11.5 Å². The number of fused-ring (bicyclic) bond motifs is 2. The fourth-order valence-electron chi connectivity index (χ4n) is 7.25. The van der Waals surface area contributed by atoms with Crippen LogP contribution in [0.25, 0.3) is 21.5 Å². The summed E-state index contributed by atoms with van der Waals surface area (Å²) in [5, 5.41) is 27.3. The van der Waals surface area contributed by atoms with Gasteiger partial charge in [-0.2, -0.15) is 0 Å². The van der Waals surface area contributed by atoms with E-state index in [9.17, 15) is 19.8 Å². The van der Waals surface area contributed by atoms with Gasteiger partial charge in [-0.25, -0.2) is 0 Å². The zero-order valence-electron chi connectivity index (χ0n) is 30.3. The predicted molar refractivity (Wildman–Crippen MR) is 222 cm³/mol. The molecule has 0 saturated carbocycles. The Morgan fingerprint density at radius 3 is 1.00 bits per heavy atom. The number of aromatic hydroxyl groups is 2. The van der Waals surface area contributed by atoms with Gasteiger partial charge in [-0.1, -0.05) is 0 Å². The molecule has 8 aromatic carbocycles. The molecule has 280 valence electrons. The molecule has 0 amide bonds. The molecule has 9 nitrogen and oxygen atoms in total. The van der Waals surface area contributed by atoms with Gasteiger partial charge in [0.05, 0.1) is 0 Å². The van der Waals surface area contributed by atoms with Crippen molar-refractivity contribution in [2.24, 2.45) is 0 Å². The van der Waals surface area contributed by atoms with Crippen LogP contribution in [0.2, 0.25) is 0 Å². The van der Waals surface area contributed by atoms with Crippen molar-refractivity contribution < 1.29 is 43.6 Å². The average molecular weight is 773 g/mol. The molecule has 0 aliphatic rings. The summed E-state index contributed by atoms with van der Waals surface area (Å²) in [6, 6.07) is 58.3. The molecule has 57 heavy (non-hydrogen) atoms. The molecule has 8 rings (SSSR count). The van der Waals surface area contributed by atoms with Gasteiger partial charge in [0, 0.05) is 0 Å². The van der Waals surface area contributed by atoms with Gasteiger partial charge in [0.2, 0.25) is 0 Å². The third-order valence-electron chi connectivity index (χ3n) is 9.87. The number of carbonyl (C=O) groups excluding carboxylic acids is 2. The van der Waals surface area contributed by atoms with Crippen LogP contribution >= 0.6 is 6.83 Å². The van der Waals surface area contributed by atoms with E-state index in [1.54, 1.807) is 36.4 Å². The van der Waals surface area contributed by atoms with Gasteiger partial charge in [-0.15, -0.1) is 0 Å². The van der Waals surface area contributed by atoms with Gasteiger partial charge in [-0.05, 0) is 0 Å². The van der Waals surface area contributed by atoms with E-state index >= 15 is 0 Å². The number of hydrogen-bond acceptors (Lipinski definition) is 9. The Bertz CT molecular complexity index is 2430. The molecule has 2 N–H and O–H groups in total. The summed E-state index contributed by atoms with van der Waals surface area (Å²) in [7, 11) is -2.08. The van der Waals surface area contributed by atoms with Crippen molar-refractivity contribution in [1.29, 1.82) is 0 Å². The minimum absolute atomic E-state index is 0.194. The van der Waals surface area contributed by atoms with E-state index in [0.717, 1.165) is 0 Å². The van der Waals surface area contributed by atoms with Gasteiger partial charge >= 0.3 is 329 Å². The zero-order valence-corrected chi connectivity index (χ0v) is 31.1. The van der Waals surface area contributed by atoms with Gasteiger partial charge < -0.3 is 0 Å². The third-order valence-corrected chi connectivity index (χ3v) is 15.6. The van der Waals surface area contributed by atoms with Crippen LogP contribution in [0, 0.1) is 0 Å². The van der Waals surface area contributed by atoms with E-state index < -0.39 is 26.1 Å². The van der Waals surface area contributed by atoms with Gasteiger partial charge in [0.1, 0.15) is 0 Å². The molecular formula is C46H34BO9P. The van der Waals surface area contributed by atoms with E-state index in [1.165, 1.54) is 24.3 Å². The van der Waals surface area contributed by atoms with Gasteiger partial charge in [0.15, 0.2) is 0 Å². The summed E-state index contributed by atoms with van der Waals surface area (Å²) in [5.41, 5.74) is -0.388. The maximum atomic E-state index is 13.7. The number of rotatable bonds is 12. The van der Waals surface area contributed by atoms with Crippen molar-refractivity contribution >= 4 is 68.9 Å². The first kappa shape index (κ1) is 37.1. The van der Waals surface area contributed by atoms with E-state index in [0.29, 0.717) is 42.8 Å². The molecule has 8 aromatic rings. The van der Waals surface area contributed by atoms with Crippen LogP contribution in [0.3, 0.4) is 0 Å². The van der Waals surface area contributed by atoms with Crippen LogP contribution in [0.15, 0.2) is 194 Å². The molecule has 0 unspecified atom stereocenters. The van der Waals surface area contributed by atoms with Crippen molar-refractivity contribution in [2.75, 3.05) is 0 Å². The third kappa shape index (κ3) is 6.77. The summed E-state index contributed by atoms with van der Waals surface area (Å²) < 4.78 is 7.35. The SMILES string of the molecule is O=C(OOB(OOC(=O)c1cc2ccccc2cc1O)OP(c1ccccc1)(c1ccccc1)(c1ccccc1)c1ccccc1)c1cc2ccccc2cc1O. The van der Waals surface area contributed by atoms with Crippen LogP contribution in [0.4, 0.5) is 0 Å². The first-order chi connectivity index (χ1) is 27.9. The molecule has 0 aliphatic heterocycles. The number of hydrogen-bond donors (Lipinski definition) is 2. The summed E-state index contributed by atoms with van der Waals surface area (Å²) in [5.74, 6) is -2.84. The van der Waals surface area contributed by atoms with E-state index in [-0.39, 0.29) is 22.6 Å². The maximum absolute atomic E-state index is 13.7. The standard InChI is InChI=1S/C46H34BO9P/c48-43-31-35-19-15-13-17-33(35)29-41(43)45(50)52-54-47(55-53-46(51)42-30-34-18-14-16-20-36(34)32-44(42)49)56-57(37-21-5-1-6-22-37,38-23-7-2-8-24-38,39-25-9-3-10-26-39)40-27-11-4-12-28-40/h1-32,48-49H. The average Bonchev–Trinajstić information content (AvgIpc) is 3.27. The molecule has 0 heterocycles. The number of benzene rings is 8. The number of phenolic OH excluding ortho intramolecular Hbond substituents is 2. The molecule has 0 saturated heterocycles. The molecule has 0 bridgehead atoms. The first-order valence-electron chi connectivity index (χ1n) is 18.0. The van der Waals surface area contributed by atoms with E-state index in [4.69, 9.17) is 23.8 Å². The molecule has 0 aliphatic carbocycles. The van der Waals surface area contributed by atoms with E-state index in [2.05, 4.69) is 0 Å². The fourth-order valence-corrected chi connectivity index (χ4v) is 12.9. The van der Waals surface area contributed by atoms with Crippen molar-refractivity contribution in [3.63, 3.8) is 0 Å². The summed E-state index contributed by atoms with van der Waals surface area (Å²) in [4.78, 5) is 49.8. The second kappa shape index (κ2) is 15.7. The fraction of sp³-hybridized carbons (Fsp3) is 0.